The maximum atomic E-state index is 13.1. The summed E-state index contributed by atoms with van der Waals surface area (Å²) >= 11 is 5.88. The van der Waals surface area contributed by atoms with Crippen LogP contribution in [-0.4, -0.2) is 11.5 Å². The molecule has 1 heterocycles. The van der Waals surface area contributed by atoms with Crippen molar-refractivity contribution >= 4 is 28.2 Å². The van der Waals surface area contributed by atoms with Gasteiger partial charge in [0.25, 0.3) is 0 Å². The summed E-state index contributed by atoms with van der Waals surface area (Å²) in [4.78, 5) is 13.7. The first-order chi connectivity index (χ1) is 9.32. The SMILES string of the molecule is CCCNc1cc(Cl)cc2[nH]c(=O)cc(C(F)(F)F)c12. The summed E-state index contributed by atoms with van der Waals surface area (Å²) < 4.78 is 39.3. The normalized spacial score (nSPS) is 11.8. The van der Waals surface area contributed by atoms with Crippen LogP contribution in [0.15, 0.2) is 23.0 Å². The molecule has 0 aliphatic heterocycles. The van der Waals surface area contributed by atoms with Crippen molar-refractivity contribution in [3.8, 4) is 0 Å². The molecule has 0 amide bonds. The third-order valence-corrected chi connectivity index (χ3v) is 2.99. The van der Waals surface area contributed by atoms with Gasteiger partial charge in [0, 0.05) is 28.7 Å². The second kappa shape index (κ2) is 5.36. The highest BCUT2D eigenvalue weighted by atomic mass is 35.5. The highest BCUT2D eigenvalue weighted by Gasteiger charge is 2.34. The maximum absolute atomic E-state index is 13.1. The molecule has 20 heavy (non-hydrogen) atoms. The summed E-state index contributed by atoms with van der Waals surface area (Å²) in [6.45, 7) is 2.40. The lowest BCUT2D eigenvalue weighted by Crippen LogP contribution is -2.15. The van der Waals surface area contributed by atoms with Crippen molar-refractivity contribution in [3.63, 3.8) is 0 Å². The summed E-state index contributed by atoms with van der Waals surface area (Å²) in [6.07, 6.45) is -3.86. The molecule has 2 aromatic rings. The average Bonchev–Trinajstić information content (AvgIpc) is 2.33. The van der Waals surface area contributed by atoms with Gasteiger partial charge in [0.15, 0.2) is 0 Å². The van der Waals surface area contributed by atoms with Gasteiger partial charge in [0.05, 0.1) is 11.1 Å². The van der Waals surface area contributed by atoms with E-state index in [0.717, 1.165) is 6.42 Å². The van der Waals surface area contributed by atoms with Crippen molar-refractivity contribution in [2.75, 3.05) is 11.9 Å². The lowest BCUT2D eigenvalue weighted by Gasteiger charge is -2.15. The van der Waals surface area contributed by atoms with E-state index in [2.05, 4.69) is 10.3 Å². The van der Waals surface area contributed by atoms with Gasteiger partial charge in [0.1, 0.15) is 0 Å². The molecule has 0 saturated carbocycles. The Balaban J connectivity index is 2.81. The number of fused-ring (bicyclic) bond motifs is 1. The second-order valence-electron chi connectivity index (χ2n) is 4.35. The molecule has 0 saturated heterocycles. The molecule has 0 atom stereocenters. The fourth-order valence-corrected chi connectivity index (χ4v) is 2.21. The number of benzene rings is 1. The van der Waals surface area contributed by atoms with E-state index in [1.165, 1.54) is 12.1 Å². The average molecular weight is 305 g/mol. The molecular formula is C13H12ClF3N2O. The largest absolute Gasteiger partial charge is 0.417 e. The highest BCUT2D eigenvalue weighted by Crippen LogP contribution is 2.37. The summed E-state index contributed by atoms with van der Waals surface area (Å²) in [7, 11) is 0. The van der Waals surface area contributed by atoms with Crippen molar-refractivity contribution in [2.24, 2.45) is 0 Å². The maximum Gasteiger partial charge on any atom is 0.417 e. The van der Waals surface area contributed by atoms with Crippen molar-refractivity contribution in [1.29, 1.82) is 0 Å². The third-order valence-electron chi connectivity index (χ3n) is 2.78. The minimum absolute atomic E-state index is 0.0657. The summed E-state index contributed by atoms with van der Waals surface area (Å²) in [5.74, 6) is 0. The Kier molecular flexibility index (Phi) is 3.94. The standard InChI is InChI=1S/C13H12ClF3N2O/c1-2-3-18-9-4-7(14)5-10-12(9)8(13(15,16)17)6-11(20)19-10/h4-6,18H,2-3H2,1H3,(H,19,20). The fourth-order valence-electron chi connectivity index (χ4n) is 1.99. The molecule has 0 radical (unpaired) electrons. The minimum atomic E-state index is -4.61. The number of rotatable bonds is 3. The minimum Gasteiger partial charge on any atom is -0.384 e. The van der Waals surface area contributed by atoms with Crippen LogP contribution in [0.4, 0.5) is 18.9 Å². The monoisotopic (exact) mass is 304 g/mol. The molecule has 0 fully saturated rings. The van der Waals surface area contributed by atoms with Crippen molar-refractivity contribution in [1.82, 2.24) is 4.98 Å². The number of halogens is 4. The van der Waals surface area contributed by atoms with Gasteiger partial charge >= 0.3 is 6.18 Å². The van der Waals surface area contributed by atoms with Crippen LogP contribution in [0.25, 0.3) is 10.9 Å². The lowest BCUT2D eigenvalue weighted by atomic mass is 10.1. The van der Waals surface area contributed by atoms with E-state index >= 15 is 0 Å². The van der Waals surface area contributed by atoms with Gasteiger partial charge in [-0.2, -0.15) is 13.2 Å². The number of alkyl halides is 3. The zero-order valence-electron chi connectivity index (χ0n) is 10.6. The number of hydrogen-bond donors (Lipinski definition) is 2. The zero-order chi connectivity index (χ0) is 14.9. The van der Waals surface area contributed by atoms with E-state index < -0.39 is 17.3 Å². The van der Waals surface area contributed by atoms with Crippen molar-refractivity contribution in [3.05, 3.63) is 39.1 Å². The second-order valence-corrected chi connectivity index (χ2v) is 4.78. The van der Waals surface area contributed by atoms with Crippen molar-refractivity contribution < 1.29 is 13.2 Å². The van der Waals surface area contributed by atoms with Gasteiger partial charge in [-0.15, -0.1) is 0 Å². The van der Waals surface area contributed by atoms with Gasteiger partial charge in [0.2, 0.25) is 5.56 Å². The number of pyridine rings is 1. The van der Waals surface area contributed by atoms with Crippen LogP contribution < -0.4 is 10.9 Å². The molecule has 0 aliphatic rings. The topological polar surface area (TPSA) is 44.9 Å². The number of aromatic amines is 1. The van der Waals surface area contributed by atoms with Gasteiger partial charge < -0.3 is 10.3 Å². The fraction of sp³-hybridized carbons (Fsp3) is 0.308. The first-order valence-electron chi connectivity index (χ1n) is 6.00. The molecule has 7 heteroatoms. The molecule has 0 aliphatic carbocycles. The Morgan fingerprint density at radius 3 is 2.60 bits per heavy atom. The Morgan fingerprint density at radius 1 is 1.30 bits per heavy atom. The van der Waals surface area contributed by atoms with Crippen LogP contribution in [0.5, 0.6) is 0 Å². The van der Waals surface area contributed by atoms with Crippen LogP contribution in [0.1, 0.15) is 18.9 Å². The Labute approximate surface area is 117 Å². The number of nitrogens with one attached hydrogen (secondary N) is 2. The Bertz CT molecular complexity index is 694. The molecule has 2 N–H and O–H groups in total. The summed E-state index contributed by atoms with van der Waals surface area (Å²) in [5, 5.41) is 3.09. The van der Waals surface area contributed by atoms with E-state index in [1.54, 1.807) is 0 Å². The molecule has 108 valence electrons. The lowest BCUT2D eigenvalue weighted by molar-refractivity contribution is -0.136. The van der Waals surface area contributed by atoms with Gasteiger partial charge in [-0.1, -0.05) is 18.5 Å². The van der Waals surface area contributed by atoms with Crippen LogP contribution in [0.2, 0.25) is 5.02 Å². The number of hydrogen-bond acceptors (Lipinski definition) is 2. The molecule has 0 unspecified atom stereocenters. The molecule has 3 nitrogen and oxygen atoms in total. The van der Waals surface area contributed by atoms with E-state index in [-0.39, 0.29) is 21.6 Å². The van der Waals surface area contributed by atoms with Gasteiger partial charge in [-0.05, 0) is 18.6 Å². The predicted octanol–water partition coefficient (Wildman–Crippen LogP) is 4.02. The van der Waals surface area contributed by atoms with Gasteiger partial charge in [-0.25, -0.2) is 0 Å². The quantitative estimate of drug-likeness (QED) is 0.899. The van der Waals surface area contributed by atoms with Crippen LogP contribution >= 0.6 is 11.6 Å². The highest BCUT2D eigenvalue weighted by molar-refractivity contribution is 6.31. The zero-order valence-corrected chi connectivity index (χ0v) is 11.3. The number of aromatic nitrogens is 1. The summed E-state index contributed by atoms with van der Waals surface area (Å²) in [5.41, 5.74) is -1.45. The third kappa shape index (κ3) is 2.90. The smallest absolute Gasteiger partial charge is 0.384 e. The molecule has 1 aromatic carbocycles. The van der Waals surface area contributed by atoms with Crippen LogP contribution in [-0.2, 0) is 6.18 Å². The predicted molar refractivity (Wildman–Crippen MR) is 73.4 cm³/mol. The number of anilines is 1. The number of H-pyrrole nitrogens is 1. The van der Waals surface area contributed by atoms with E-state index in [1.807, 2.05) is 6.92 Å². The molecule has 0 spiro atoms. The van der Waals surface area contributed by atoms with E-state index in [9.17, 15) is 18.0 Å². The summed E-state index contributed by atoms with van der Waals surface area (Å²) in [6, 6.07) is 3.30. The molecule has 2 rings (SSSR count). The first kappa shape index (κ1) is 14.7. The molecule has 0 bridgehead atoms. The van der Waals surface area contributed by atoms with Crippen LogP contribution in [0.3, 0.4) is 0 Å². The molecule has 1 aromatic heterocycles. The van der Waals surface area contributed by atoms with Crippen LogP contribution in [0, 0.1) is 0 Å². The van der Waals surface area contributed by atoms with Crippen molar-refractivity contribution in [2.45, 2.75) is 19.5 Å². The van der Waals surface area contributed by atoms with Gasteiger partial charge in [-0.3, -0.25) is 4.79 Å². The van der Waals surface area contributed by atoms with E-state index in [0.29, 0.717) is 12.6 Å². The Hall–Kier alpha value is -1.69. The Morgan fingerprint density at radius 2 is 2.00 bits per heavy atom. The van der Waals surface area contributed by atoms with E-state index in [4.69, 9.17) is 11.6 Å². The first-order valence-corrected chi connectivity index (χ1v) is 6.38. The molecular weight excluding hydrogens is 293 g/mol.